The Morgan fingerprint density at radius 2 is 2.23 bits per heavy atom. The molecule has 2 N–H and O–H groups in total. The first-order valence-electron chi connectivity index (χ1n) is 4.37. The van der Waals surface area contributed by atoms with Gasteiger partial charge in [-0.15, -0.1) is 0 Å². The summed E-state index contributed by atoms with van der Waals surface area (Å²) in [6.45, 7) is 0. The number of benzene rings is 1. The van der Waals surface area contributed by atoms with Crippen molar-refractivity contribution in [1.82, 2.24) is 0 Å². The summed E-state index contributed by atoms with van der Waals surface area (Å²) in [6.07, 6.45) is 1.02. The monoisotopic (exact) mass is 241 g/mol. The van der Waals surface area contributed by atoms with Crippen LogP contribution in [0.5, 0.6) is 5.75 Å². The molecular weight excluding hydrogens is 230 g/mol. The summed E-state index contributed by atoms with van der Waals surface area (Å²) in [4.78, 5) is 0. The Morgan fingerprint density at radius 1 is 1.46 bits per heavy atom. The molecule has 70 valence electrons. The Labute approximate surface area is 86.2 Å². The van der Waals surface area contributed by atoms with E-state index in [0.717, 1.165) is 17.5 Å². The topological polar surface area (TPSA) is 35.2 Å². The lowest BCUT2D eigenvalue weighted by Gasteiger charge is -2.30. The zero-order valence-electron chi connectivity index (χ0n) is 7.24. The fourth-order valence-electron chi connectivity index (χ4n) is 1.57. The summed E-state index contributed by atoms with van der Waals surface area (Å²) in [7, 11) is 0. The second-order valence-corrected chi connectivity index (χ2v) is 3.93. The highest BCUT2D eigenvalue weighted by Gasteiger charge is 2.25. The van der Waals surface area contributed by atoms with Gasteiger partial charge in [-0.3, -0.25) is 0 Å². The van der Waals surface area contributed by atoms with Gasteiger partial charge in [0.2, 0.25) is 0 Å². The minimum absolute atomic E-state index is 0.106. The molecule has 0 radical (unpaired) electrons. The van der Waals surface area contributed by atoms with Crippen molar-refractivity contribution in [2.24, 2.45) is 5.73 Å². The van der Waals surface area contributed by atoms with Crippen molar-refractivity contribution < 1.29 is 4.74 Å². The summed E-state index contributed by atoms with van der Waals surface area (Å²) in [5.74, 6) is 0.980. The quantitative estimate of drug-likeness (QED) is 0.761. The van der Waals surface area contributed by atoms with Crippen LogP contribution >= 0.6 is 15.9 Å². The van der Waals surface area contributed by atoms with Gasteiger partial charge >= 0.3 is 0 Å². The van der Waals surface area contributed by atoms with E-state index in [1.165, 1.54) is 5.56 Å². The molecule has 1 aliphatic heterocycles. The number of fused-ring (bicyclic) bond motifs is 1. The SMILES string of the molecule is N[C@H]1Cc2ccccc2O[C@@H]1CBr. The predicted molar refractivity (Wildman–Crippen MR) is 56.3 cm³/mol. The van der Waals surface area contributed by atoms with E-state index >= 15 is 0 Å². The molecule has 1 aromatic rings. The third-order valence-corrected chi connectivity index (χ3v) is 2.97. The largest absolute Gasteiger partial charge is 0.488 e. The zero-order chi connectivity index (χ0) is 9.26. The zero-order valence-corrected chi connectivity index (χ0v) is 8.83. The summed E-state index contributed by atoms with van der Waals surface area (Å²) >= 11 is 3.40. The molecule has 0 spiro atoms. The Hall–Kier alpha value is -0.540. The van der Waals surface area contributed by atoms with E-state index in [9.17, 15) is 0 Å². The van der Waals surface area contributed by atoms with E-state index in [0.29, 0.717) is 0 Å². The summed E-state index contributed by atoms with van der Waals surface area (Å²) in [5, 5.41) is 0.794. The maximum atomic E-state index is 5.95. The summed E-state index contributed by atoms with van der Waals surface area (Å²) < 4.78 is 5.72. The first kappa shape index (κ1) is 9.03. The molecule has 1 aliphatic rings. The van der Waals surface area contributed by atoms with E-state index in [4.69, 9.17) is 10.5 Å². The van der Waals surface area contributed by atoms with Crippen LogP contribution < -0.4 is 10.5 Å². The Bertz CT molecular complexity index is 303. The second-order valence-electron chi connectivity index (χ2n) is 3.29. The van der Waals surface area contributed by atoms with Crippen molar-refractivity contribution in [2.45, 2.75) is 18.6 Å². The molecule has 2 atom stereocenters. The lowest BCUT2D eigenvalue weighted by atomic mass is 9.99. The van der Waals surface area contributed by atoms with Gasteiger partial charge in [0.1, 0.15) is 11.9 Å². The normalized spacial score (nSPS) is 26.3. The number of hydrogen-bond acceptors (Lipinski definition) is 2. The van der Waals surface area contributed by atoms with Gasteiger partial charge in [0.15, 0.2) is 0 Å². The number of halogens is 1. The number of alkyl halides is 1. The van der Waals surface area contributed by atoms with Crippen LogP contribution in [0.2, 0.25) is 0 Å². The van der Waals surface area contributed by atoms with E-state index in [-0.39, 0.29) is 12.1 Å². The molecule has 0 fully saturated rings. The van der Waals surface area contributed by atoms with Crippen molar-refractivity contribution in [1.29, 1.82) is 0 Å². The lowest BCUT2D eigenvalue weighted by Crippen LogP contribution is -2.44. The smallest absolute Gasteiger partial charge is 0.124 e. The Balaban J connectivity index is 2.27. The fraction of sp³-hybridized carbons (Fsp3) is 0.400. The molecular formula is C10H12BrNO. The van der Waals surface area contributed by atoms with Crippen LogP contribution in [0.15, 0.2) is 24.3 Å². The first-order valence-corrected chi connectivity index (χ1v) is 5.49. The lowest BCUT2D eigenvalue weighted by molar-refractivity contribution is 0.174. The molecule has 2 nitrogen and oxygen atoms in total. The molecule has 0 aromatic heterocycles. The van der Waals surface area contributed by atoms with Gasteiger partial charge in [-0.05, 0) is 18.1 Å². The molecule has 1 heterocycles. The molecule has 0 bridgehead atoms. The fourth-order valence-corrected chi connectivity index (χ4v) is 2.18. The van der Waals surface area contributed by atoms with Crippen molar-refractivity contribution in [2.75, 3.05) is 5.33 Å². The van der Waals surface area contributed by atoms with Gasteiger partial charge in [0.25, 0.3) is 0 Å². The minimum Gasteiger partial charge on any atom is -0.488 e. The van der Waals surface area contributed by atoms with Gasteiger partial charge in [-0.2, -0.15) is 0 Å². The van der Waals surface area contributed by atoms with Crippen molar-refractivity contribution in [3.63, 3.8) is 0 Å². The molecule has 13 heavy (non-hydrogen) atoms. The number of ether oxygens (including phenoxy) is 1. The number of rotatable bonds is 1. The summed E-state index contributed by atoms with van der Waals surface area (Å²) in [5.41, 5.74) is 7.16. The van der Waals surface area contributed by atoms with Crippen LogP contribution in [-0.2, 0) is 6.42 Å². The minimum atomic E-state index is 0.106. The average molecular weight is 242 g/mol. The van der Waals surface area contributed by atoms with Gasteiger partial charge in [-0.1, -0.05) is 34.1 Å². The van der Waals surface area contributed by atoms with E-state index < -0.39 is 0 Å². The standard InChI is InChI=1S/C10H12BrNO/c11-6-10-8(12)5-7-3-1-2-4-9(7)13-10/h1-4,8,10H,5-6,12H2/t8-,10+/m0/s1. The van der Waals surface area contributed by atoms with E-state index in [2.05, 4.69) is 22.0 Å². The van der Waals surface area contributed by atoms with Crippen LogP contribution in [-0.4, -0.2) is 17.5 Å². The third-order valence-electron chi connectivity index (χ3n) is 2.34. The molecule has 0 amide bonds. The second kappa shape index (κ2) is 3.68. The van der Waals surface area contributed by atoms with Crippen LogP contribution in [0.3, 0.4) is 0 Å². The van der Waals surface area contributed by atoms with E-state index in [1.807, 2.05) is 18.2 Å². The van der Waals surface area contributed by atoms with Crippen molar-refractivity contribution in [3.05, 3.63) is 29.8 Å². The van der Waals surface area contributed by atoms with Crippen molar-refractivity contribution in [3.8, 4) is 5.75 Å². The van der Waals surface area contributed by atoms with E-state index in [1.54, 1.807) is 0 Å². The molecule has 3 heteroatoms. The van der Waals surface area contributed by atoms with Gasteiger partial charge < -0.3 is 10.5 Å². The summed E-state index contributed by atoms with van der Waals surface area (Å²) in [6, 6.07) is 8.18. The van der Waals surface area contributed by atoms with Gasteiger partial charge in [-0.25, -0.2) is 0 Å². The highest BCUT2D eigenvalue weighted by molar-refractivity contribution is 9.09. The maximum Gasteiger partial charge on any atom is 0.124 e. The average Bonchev–Trinajstić information content (AvgIpc) is 2.17. The molecule has 1 aromatic carbocycles. The number of hydrogen-bond donors (Lipinski definition) is 1. The Kier molecular flexibility index (Phi) is 2.56. The third kappa shape index (κ3) is 1.71. The van der Waals surface area contributed by atoms with Crippen LogP contribution in [0.25, 0.3) is 0 Å². The Morgan fingerprint density at radius 3 is 3.00 bits per heavy atom. The molecule has 2 rings (SSSR count). The van der Waals surface area contributed by atoms with Gasteiger partial charge in [0.05, 0.1) is 0 Å². The molecule has 0 saturated carbocycles. The number of nitrogens with two attached hydrogens (primary N) is 1. The van der Waals surface area contributed by atoms with Crippen LogP contribution in [0.1, 0.15) is 5.56 Å². The van der Waals surface area contributed by atoms with Gasteiger partial charge in [0, 0.05) is 11.4 Å². The maximum absolute atomic E-state index is 5.95. The molecule has 0 unspecified atom stereocenters. The predicted octanol–water partition coefficient (Wildman–Crippen LogP) is 1.71. The molecule has 0 aliphatic carbocycles. The first-order chi connectivity index (χ1) is 6.31. The highest BCUT2D eigenvalue weighted by Crippen LogP contribution is 2.26. The van der Waals surface area contributed by atoms with Crippen LogP contribution in [0.4, 0.5) is 0 Å². The van der Waals surface area contributed by atoms with Crippen molar-refractivity contribution >= 4 is 15.9 Å². The highest BCUT2D eigenvalue weighted by atomic mass is 79.9. The van der Waals surface area contributed by atoms with Crippen LogP contribution in [0, 0.1) is 0 Å². The number of para-hydroxylation sites is 1. The molecule has 0 saturated heterocycles.